The smallest absolute Gasteiger partial charge is 0.121 e. The third-order valence-corrected chi connectivity index (χ3v) is 4.40. The number of methoxy groups -OCH3 is 1. The summed E-state index contributed by atoms with van der Waals surface area (Å²) < 4.78 is 5.34. The van der Waals surface area contributed by atoms with E-state index in [9.17, 15) is 0 Å². The molecule has 110 valence electrons. The van der Waals surface area contributed by atoms with E-state index in [-0.39, 0.29) is 0 Å². The predicted molar refractivity (Wildman–Crippen MR) is 87.9 cm³/mol. The van der Waals surface area contributed by atoms with Gasteiger partial charge in [-0.25, -0.2) is 0 Å². The zero-order valence-electron chi connectivity index (χ0n) is 13.1. The fourth-order valence-electron chi connectivity index (χ4n) is 3.31. The predicted octanol–water partition coefficient (Wildman–Crippen LogP) is 4.27. The van der Waals surface area contributed by atoms with Crippen LogP contribution in [0.1, 0.15) is 36.1 Å². The van der Waals surface area contributed by atoms with Crippen LogP contribution in [0.5, 0.6) is 5.75 Å². The number of aryl methyl sites for hydroxylation is 2. The summed E-state index contributed by atoms with van der Waals surface area (Å²) in [7, 11) is 1.72. The van der Waals surface area contributed by atoms with Gasteiger partial charge in [0.05, 0.1) is 7.11 Å². The van der Waals surface area contributed by atoms with Gasteiger partial charge < -0.3 is 10.1 Å². The maximum atomic E-state index is 5.34. The average molecular weight is 281 g/mol. The monoisotopic (exact) mass is 281 g/mol. The van der Waals surface area contributed by atoms with Crippen molar-refractivity contribution in [1.29, 1.82) is 0 Å². The van der Waals surface area contributed by atoms with E-state index in [4.69, 9.17) is 4.74 Å². The van der Waals surface area contributed by atoms with E-state index in [0.717, 1.165) is 12.3 Å². The van der Waals surface area contributed by atoms with Crippen LogP contribution >= 0.6 is 0 Å². The zero-order chi connectivity index (χ0) is 14.8. The lowest BCUT2D eigenvalue weighted by atomic mass is 9.98. The number of hydrogen-bond acceptors (Lipinski definition) is 2. The van der Waals surface area contributed by atoms with Crippen LogP contribution in [0.2, 0.25) is 0 Å². The Balaban J connectivity index is 1.93. The Hall–Kier alpha value is -1.80. The van der Waals surface area contributed by atoms with Crippen LogP contribution in [0.4, 0.5) is 0 Å². The molecule has 2 aromatic carbocycles. The van der Waals surface area contributed by atoms with Gasteiger partial charge in [-0.2, -0.15) is 0 Å². The second-order valence-electron chi connectivity index (χ2n) is 5.75. The summed E-state index contributed by atoms with van der Waals surface area (Å²) in [6, 6.07) is 13.8. The van der Waals surface area contributed by atoms with E-state index >= 15 is 0 Å². The first kappa shape index (κ1) is 14.2. The van der Waals surface area contributed by atoms with Crippen LogP contribution in [0.15, 0.2) is 36.4 Å². The van der Waals surface area contributed by atoms with Gasteiger partial charge in [0.1, 0.15) is 5.75 Å². The van der Waals surface area contributed by atoms with Gasteiger partial charge in [0.25, 0.3) is 0 Å². The fraction of sp³-hybridized carbons (Fsp3) is 0.368. The van der Waals surface area contributed by atoms with Crippen molar-refractivity contribution in [2.75, 3.05) is 13.7 Å². The number of benzene rings is 2. The molecule has 21 heavy (non-hydrogen) atoms. The summed E-state index contributed by atoms with van der Waals surface area (Å²) in [6.07, 6.45) is 2.39. The highest BCUT2D eigenvalue weighted by molar-refractivity contribution is 5.67. The molecule has 0 spiro atoms. The molecule has 1 aliphatic rings. The summed E-state index contributed by atoms with van der Waals surface area (Å²) in [5.41, 5.74) is 6.72. The van der Waals surface area contributed by atoms with Gasteiger partial charge in [-0.3, -0.25) is 0 Å². The third kappa shape index (κ3) is 2.68. The average Bonchev–Trinajstić information content (AvgIpc) is 2.90. The molecule has 0 radical (unpaired) electrons. The van der Waals surface area contributed by atoms with Crippen LogP contribution in [0.3, 0.4) is 0 Å². The summed E-state index contributed by atoms with van der Waals surface area (Å²) in [4.78, 5) is 0. The lowest BCUT2D eigenvalue weighted by Gasteiger charge is -2.13. The van der Waals surface area contributed by atoms with E-state index in [2.05, 4.69) is 55.6 Å². The number of fused-ring (bicyclic) bond motifs is 1. The van der Waals surface area contributed by atoms with E-state index in [1.807, 2.05) is 0 Å². The Morgan fingerprint density at radius 3 is 2.62 bits per heavy atom. The molecule has 3 rings (SSSR count). The van der Waals surface area contributed by atoms with Crippen molar-refractivity contribution in [2.24, 2.45) is 0 Å². The molecule has 0 bridgehead atoms. The summed E-state index contributed by atoms with van der Waals surface area (Å²) in [6.45, 7) is 5.30. The minimum atomic E-state index is 0.539. The molecule has 0 aromatic heterocycles. The fourth-order valence-corrected chi connectivity index (χ4v) is 3.31. The van der Waals surface area contributed by atoms with Gasteiger partial charge in [0.15, 0.2) is 0 Å². The molecule has 0 saturated heterocycles. The van der Waals surface area contributed by atoms with Gasteiger partial charge in [0, 0.05) is 6.04 Å². The number of ether oxygens (including phenoxy) is 1. The Bertz CT molecular complexity index is 648. The largest absolute Gasteiger partial charge is 0.496 e. The zero-order valence-corrected chi connectivity index (χ0v) is 13.1. The highest BCUT2D eigenvalue weighted by Gasteiger charge is 2.21. The van der Waals surface area contributed by atoms with Crippen molar-refractivity contribution in [2.45, 2.75) is 32.7 Å². The Labute approximate surface area is 127 Å². The van der Waals surface area contributed by atoms with Gasteiger partial charge in [-0.05, 0) is 66.3 Å². The van der Waals surface area contributed by atoms with Crippen molar-refractivity contribution in [3.63, 3.8) is 0 Å². The Kier molecular flexibility index (Phi) is 3.98. The van der Waals surface area contributed by atoms with Crippen LogP contribution in [-0.2, 0) is 6.42 Å². The lowest BCUT2D eigenvalue weighted by molar-refractivity contribution is 0.412. The van der Waals surface area contributed by atoms with Crippen LogP contribution in [0, 0.1) is 6.92 Å². The van der Waals surface area contributed by atoms with E-state index in [0.29, 0.717) is 6.04 Å². The van der Waals surface area contributed by atoms with Crippen LogP contribution < -0.4 is 10.1 Å². The molecule has 0 saturated carbocycles. The topological polar surface area (TPSA) is 21.3 Å². The van der Waals surface area contributed by atoms with Gasteiger partial charge in [-0.1, -0.05) is 31.2 Å². The van der Waals surface area contributed by atoms with Crippen molar-refractivity contribution in [1.82, 2.24) is 5.32 Å². The van der Waals surface area contributed by atoms with Crippen molar-refractivity contribution in [3.8, 4) is 16.9 Å². The number of hydrogen-bond donors (Lipinski definition) is 1. The first-order chi connectivity index (χ1) is 10.2. The molecule has 0 aliphatic heterocycles. The standard InChI is InChI=1S/C19H23NO/c1-4-20-18-9-6-16-12-15(5-8-17(16)18)14-7-10-19(21-3)13(2)11-14/h5,7-8,10-12,18,20H,4,6,9H2,1-3H3. The first-order valence-electron chi connectivity index (χ1n) is 7.74. The molecule has 2 aromatic rings. The second kappa shape index (κ2) is 5.90. The normalized spacial score (nSPS) is 16.8. The molecular formula is C19H23NO. The second-order valence-corrected chi connectivity index (χ2v) is 5.75. The molecule has 1 unspecified atom stereocenters. The van der Waals surface area contributed by atoms with Crippen molar-refractivity contribution < 1.29 is 4.74 Å². The molecular weight excluding hydrogens is 258 g/mol. The summed E-state index contributed by atoms with van der Waals surface area (Å²) in [5, 5.41) is 3.57. The van der Waals surface area contributed by atoms with Gasteiger partial charge in [0.2, 0.25) is 0 Å². The van der Waals surface area contributed by atoms with E-state index in [1.165, 1.54) is 40.7 Å². The molecule has 0 fully saturated rings. The van der Waals surface area contributed by atoms with E-state index in [1.54, 1.807) is 7.11 Å². The minimum absolute atomic E-state index is 0.539. The van der Waals surface area contributed by atoms with Crippen LogP contribution in [-0.4, -0.2) is 13.7 Å². The van der Waals surface area contributed by atoms with Gasteiger partial charge in [-0.15, -0.1) is 0 Å². The van der Waals surface area contributed by atoms with Gasteiger partial charge >= 0.3 is 0 Å². The Morgan fingerprint density at radius 2 is 1.90 bits per heavy atom. The summed E-state index contributed by atoms with van der Waals surface area (Å²) >= 11 is 0. The maximum absolute atomic E-state index is 5.34. The van der Waals surface area contributed by atoms with E-state index < -0.39 is 0 Å². The first-order valence-corrected chi connectivity index (χ1v) is 7.74. The third-order valence-electron chi connectivity index (χ3n) is 4.40. The molecule has 1 aliphatic carbocycles. The Morgan fingerprint density at radius 1 is 1.14 bits per heavy atom. The lowest BCUT2D eigenvalue weighted by Crippen LogP contribution is -2.18. The molecule has 0 heterocycles. The highest BCUT2D eigenvalue weighted by Crippen LogP contribution is 2.35. The summed E-state index contributed by atoms with van der Waals surface area (Å²) in [5.74, 6) is 0.951. The number of rotatable bonds is 4. The maximum Gasteiger partial charge on any atom is 0.121 e. The quantitative estimate of drug-likeness (QED) is 0.903. The number of nitrogens with one attached hydrogen (secondary N) is 1. The molecule has 1 atom stereocenters. The van der Waals surface area contributed by atoms with Crippen LogP contribution in [0.25, 0.3) is 11.1 Å². The minimum Gasteiger partial charge on any atom is -0.496 e. The molecule has 2 heteroatoms. The van der Waals surface area contributed by atoms with Crippen molar-refractivity contribution >= 4 is 0 Å². The highest BCUT2D eigenvalue weighted by atomic mass is 16.5. The van der Waals surface area contributed by atoms with Crippen molar-refractivity contribution in [3.05, 3.63) is 53.1 Å². The SMILES string of the molecule is CCNC1CCc2cc(-c3ccc(OC)c(C)c3)ccc21. The molecule has 1 N–H and O–H groups in total. The molecule has 0 amide bonds. The molecule has 2 nitrogen and oxygen atoms in total.